The molecule has 136 valence electrons. The molecule has 4 rings (SSSR count). The molecule has 1 aromatic carbocycles. The van der Waals surface area contributed by atoms with Gasteiger partial charge in [-0.1, -0.05) is 17.4 Å². The number of aromatic carboxylic acids is 1. The highest BCUT2D eigenvalue weighted by Gasteiger charge is 2.15. The van der Waals surface area contributed by atoms with Crippen LogP contribution in [0.2, 0.25) is 0 Å². The number of carboxylic acids is 1. The fourth-order valence-electron chi connectivity index (χ4n) is 2.95. The lowest BCUT2D eigenvalue weighted by atomic mass is 10.2. The number of hydrogen-bond acceptors (Lipinski definition) is 5. The van der Waals surface area contributed by atoms with Crippen molar-refractivity contribution in [1.29, 1.82) is 0 Å². The molecular weight excluding hydrogens is 385 g/mol. The summed E-state index contributed by atoms with van der Waals surface area (Å²) >= 11 is 1.19. The number of ether oxygens (including phenoxy) is 1. The van der Waals surface area contributed by atoms with Gasteiger partial charge in [0.2, 0.25) is 0 Å². The van der Waals surface area contributed by atoms with Crippen molar-refractivity contribution in [2.24, 2.45) is 0 Å². The first-order valence-corrected chi connectivity index (χ1v) is 8.48. The fourth-order valence-corrected chi connectivity index (χ4v) is 3.79. The third-order valence-corrected chi connectivity index (χ3v) is 5.08. The Bertz CT molecular complexity index is 874. The molecule has 0 bridgehead atoms. The number of nitrogens with one attached hydrogen (secondary N) is 1. The van der Waals surface area contributed by atoms with E-state index in [1.54, 1.807) is 6.20 Å². The summed E-state index contributed by atoms with van der Waals surface area (Å²) in [6, 6.07) is 6.10. The Kier molecular flexibility index (Phi) is 6.65. The maximum atomic E-state index is 11.0. The lowest BCUT2D eigenvalue weighted by Crippen LogP contribution is -2.25. The Balaban J connectivity index is 0.00000113. The number of hydrogen-bond donors (Lipinski definition) is 2. The van der Waals surface area contributed by atoms with Crippen molar-refractivity contribution in [2.45, 2.75) is 25.5 Å². The first-order chi connectivity index (χ1) is 11.2. The van der Waals surface area contributed by atoms with Crippen molar-refractivity contribution in [1.82, 2.24) is 14.7 Å². The number of aromatic nitrogens is 2. The van der Waals surface area contributed by atoms with Crippen molar-refractivity contribution in [3.05, 3.63) is 34.8 Å². The van der Waals surface area contributed by atoms with Gasteiger partial charge < -0.3 is 15.2 Å². The van der Waals surface area contributed by atoms with E-state index in [1.807, 2.05) is 10.5 Å². The van der Waals surface area contributed by atoms with Gasteiger partial charge in [-0.05, 0) is 30.5 Å². The first kappa shape index (κ1) is 19.9. The van der Waals surface area contributed by atoms with Crippen molar-refractivity contribution in [3.8, 4) is 0 Å². The maximum absolute atomic E-state index is 11.0. The summed E-state index contributed by atoms with van der Waals surface area (Å²) in [5, 5.41) is 12.5. The Morgan fingerprint density at radius 2 is 2.28 bits per heavy atom. The van der Waals surface area contributed by atoms with Gasteiger partial charge in [-0.25, -0.2) is 9.78 Å². The van der Waals surface area contributed by atoms with Crippen molar-refractivity contribution >= 4 is 58.1 Å². The van der Waals surface area contributed by atoms with Crippen LogP contribution < -0.4 is 5.32 Å². The van der Waals surface area contributed by atoms with Gasteiger partial charge in [0.1, 0.15) is 4.88 Å². The predicted molar refractivity (Wildman–Crippen MR) is 103 cm³/mol. The predicted octanol–water partition coefficient (Wildman–Crippen LogP) is 3.36. The van der Waals surface area contributed by atoms with Crippen LogP contribution in [0.5, 0.6) is 0 Å². The van der Waals surface area contributed by atoms with Crippen LogP contribution in [-0.2, 0) is 11.3 Å². The topological polar surface area (TPSA) is 75.9 Å². The normalized spacial score (nSPS) is 16.7. The zero-order valence-corrected chi connectivity index (χ0v) is 15.8. The first-order valence-electron chi connectivity index (χ1n) is 7.67. The van der Waals surface area contributed by atoms with E-state index in [9.17, 15) is 4.79 Å². The highest BCUT2D eigenvalue weighted by molar-refractivity contribution is 7.18. The molecule has 0 radical (unpaired) electrons. The number of nitrogens with zero attached hydrogens (tertiary/aromatic N) is 2. The molecule has 1 fully saturated rings. The standard InChI is InChI=1S/C16H17N3O3S.2ClH/c20-15(21)14-9-19-13-4-3-10(6-12(13)18-16(19)23-14)7-17-8-11-2-1-5-22-11;;/h3-4,6,9,11,17H,1-2,5,7-8H2,(H,20,21);2*1H. The third-order valence-electron chi connectivity index (χ3n) is 4.11. The second-order valence-corrected chi connectivity index (χ2v) is 6.76. The van der Waals surface area contributed by atoms with E-state index in [1.165, 1.54) is 16.9 Å². The minimum Gasteiger partial charge on any atom is -0.477 e. The molecule has 1 aliphatic rings. The van der Waals surface area contributed by atoms with Gasteiger partial charge in [-0.15, -0.1) is 24.8 Å². The molecule has 6 nitrogen and oxygen atoms in total. The van der Waals surface area contributed by atoms with Crippen molar-refractivity contribution in [2.75, 3.05) is 13.2 Å². The van der Waals surface area contributed by atoms with Gasteiger partial charge in [0.05, 0.1) is 17.1 Å². The zero-order chi connectivity index (χ0) is 15.8. The molecule has 9 heteroatoms. The molecule has 1 atom stereocenters. The number of halogens is 2. The fraction of sp³-hybridized carbons (Fsp3) is 0.375. The molecule has 2 N–H and O–H groups in total. The summed E-state index contributed by atoms with van der Waals surface area (Å²) in [5.41, 5.74) is 3.00. The summed E-state index contributed by atoms with van der Waals surface area (Å²) in [4.78, 5) is 16.6. The van der Waals surface area contributed by atoms with E-state index >= 15 is 0 Å². The number of fused-ring (bicyclic) bond motifs is 3. The number of imidazole rings is 1. The quantitative estimate of drug-likeness (QED) is 0.682. The van der Waals surface area contributed by atoms with Gasteiger partial charge in [-0.3, -0.25) is 4.40 Å². The van der Waals surface area contributed by atoms with Crippen molar-refractivity contribution < 1.29 is 14.6 Å². The van der Waals surface area contributed by atoms with Crippen LogP contribution in [0.3, 0.4) is 0 Å². The molecule has 1 aliphatic heterocycles. The lowest BCUT2D eigenvalue weighted by molar-refractivity contribution is 0.0702. The number of carboxylic acid groups (broad SMARTS) is 1. The van der Waals surface area contributed by atoms with Crippen LogP contribution >= 0.6 is 36.2 Å². The third kappa shape index (κ3) is 4.07. The maximum Gasteiger partial charge on any atom is 0.347 e. The molecule has 1 saturated heterocycles. The highest BCUT2D eigenvalue weighted by atomic mass is 35.5. The summed E-state index contributed by atoms with van der Waals surface area (Å²) in [6.45, 7) is 2.53. The van der Waals surface area contributed by atoms with E-state index in [-0.39, 0.29) is 24.8 Å². The monoisotopic (exact) mass is 403 g/mol. The van der Waals surface area contributed by atoms with Gasteiger partial charge in [0, 0.05) is 25.9 Å². The molecule has 25 heavy (non-hydrogen) atoms. The summed E-state index contributed by atoms with van der Waals surface area (Å²) < 4.78 is 7.44. The van der Waals surface area contributed by atoms with Crippen LogP contribution in [0.25, 0.3) is 16.0 Å². The van der Waals surface area contributed by atoms with Crippen molar-refractivity contribution in [3.63, 3.8) is 0 Å². The molecular formula is C16H19Cl2N3O3S. The summed E-state index contributed by atoms with van der Waals surface area (Å²) in [5.74, 6) is -0.913. The highest BCUT2D eigenvalue weighted by Crippen LogP contribution is 2.24. The Hall–Kier alpha value is -1.38. The zero-order valence-electron chi connectivity index (χ0n) is 13.3. The summed E-state index contributed by atoms with van der Waals surface area (Å²) in [6.07, 6.45) is 4.26. The molecule has 2 aromatic heterocycles. The van der Waals surface area contributed by atoms with Crippen LogP contribution in [0.1, 0.15) is 28.1 Å². The smallest absolute Gasteiger partial charge is 0.347 e. The summed E-state index contributed by atoms with van der Waals surface area (Å²) in [7, 11) is 0. The molecule has 0 amide bonds. The lowest BCUT2D eigenvalue weighted by Gasteiger charge is -2.10. The van der Waals surface area contributed by atoms with E-state index in [4.69, 9.17) is 9.84 Å². The molecule has 0 aliphatic carbocycles. The Morgan fingerprint density at radius 1 is 1.44 bits per heavy atom. The number of thiazole rings is 1. The molecule has 0 spiro atoms. The minimum absolute atomic E-state index is 0. The SMILES string of the molecule is Cl.Cl.O=C(O)c1cn2c(nc3cc(CNCC4CCCO4)ccc32)s1. The average molecular weight is 404 g/mol. The second kappa shape index (κ2) is 8.33. The van der Waals surface area contributed by atoms with Crippen LogP contribution in [0.15, 0.2) is 24.4 Å². The van der Waals surface area contributed by atoms with E-state index in [0.717, 1.165) is 43.6 Å². The van der Waals surface area contributed by atoms with E-state index in [0.29, 0.717) is 15.9 Å². The van der Waals surface area contributed by atoms with Crippen LogP contribution in [-0.4, -0.2) is 39.7 Å². The molecule has 3 heterocycles. The van der Waals surface area contributed by atoms with Crippen LogP contribution in [0, 0.1) is 0 Å². The van der Waals surface area contributed by atoms with Gasteiger partial charge in [0.25, 0.3) is 0 Å². The largest absolute Gasteiger partial charge is 0.477 e. The van der Waals surface area contributed by atoms with E-state index < -0.39 is 5.97 Å². The van der Waals surface area contributed by atoms with Gasteiger partial charge in [-0.2, -0.15) is 0 Å². The Morgan fingerprint density at radius 3 is 3.00 bits per heavy atom. The number of rotatable bonds is 5. The number of benzene rings is 1. The second-order valence-electron chi connectivity index (χ2n) is 5.75. The minimum atomic E-state index is -0.913. The van der Waals surface area contributed by atoms with E-state index in [2.05, 4.69) is 22.4 Å². The average Bonchev–Trinajstić information content (AvgIpc) is 3.21. The molecule has 1 unspecified atom stereocenters. The molecule has 3 aromatic rings. The molecule has 0 saturated carbocycles. The van der Waals surface area contributed by atoms with Gasteiger partial charge >= 0.3 is 5.97 Å². The van der Waals surface area contributed by atoms with Gasteiger partial charge in [0.15, 0.2) is 4.96 Å². The Labute approximate surface area is 161 Å². The number of carbonyl (C=O) groups is 1. The van der Waals surface area contributed by atoms with Crippen LogP contribution in [0.4, 0.5) is 0 Å².